The van der Waals surface area contributed by atoms with Crippen LogP contribution in [0.5, 0.6) is 0 Å². The van der Waals surface area contributed by atoms with Gasteiger partial charge in [0.15, 0.2) is 0 Å². The summed E-state index contributed by atoms with van der Waals surface area (Å²) in [6.45, 7) is 0. The van der Waals surface area contributed by atoms with Crippen molar-refractivity contribution in [3.63, 3.8) is 0 Å². The van der Waals surface area contributed by atoms with Gasteiger partial charge in [0.05, 0.1) is 0 Å². The summed E-state index contributed by atoms with van der Waals surface area (Å²) in [5.41, 5.74) is 0. The van der Waals surface area contributed by atoms with Crippen LogP contribution in [0.3, 0.4) is 0 Å². The third-order valence-electron chi connectivity index (χ3n) is 0.540. The molecule has 1 rings (SSSR count). The Hall–Kier alpha value is -0.141. The van der Waals surface area contributed by atoms with Gasteiger partial charge in [0, 0.05) is 0 Å². The fraction of sp³-hybridized carbons (Fsp3) is 0. The fourth-order valence-electron chi connectivity index (χ4n) is 0.292. The molecule has 38 valence electrons. The molecule has 0 saturated carbocycles. The van der Waals surface area contributed by atoms with E-state index in [4.69, 9.17) is 0 Å². The van der Waals surface area contributed by atoms with Crippen LogP contribution in [0.2, 0.25) is 0 Å². The number of rotatable bonds is 0. The van der Waals surface area contributed by atoms with Crippen molar-refractivity contribution in [3.8, 4) is 0 Å². The van der Waals surface area contributed by atoms with Gasteiger partial charge in [-0.25, -0.2) is 0 Å². The summed E-state index contributed by atoms with van der Waals surface area (Å²) in [7, 11) is 0. The van der Waals surface area contributed by atoms with Crippen molar-refractivity contribution in [3.05, 3.63) is 21.5 Å². The van der Waals surface area contributed by atoms with Gasteiger partial charge in [0.25, 0.3) is 0 Å². The average molecular weight is 167 g/mol. The topological polar surface area (TPSA) is 0 Å². The van der Waals surface area contributed by atoms with E-state index in [-0.39, 0.29) is 9.38 Å². The zero-order valence-electron chi connectivity index (χ0n) is 3.32. The molecule has 0 bridgehead atoms. The predicted molar refractivity (Wildman–Crippen MR) is 23.3 cm³/mol. The van der Waals surface area contributed by atoms with Crippen molar-refractivity contribution in [1.29, 1.82) is 0 Å². The van der Waals surface area contributed by atoms with E-state index in [2.05, 4.69) is 0 Å². The van der Waals surface area contributed by atoms with Gasteiger partial charge in [-0.05, 0) is 0 Å². The van der Waals surface area contributed by atoms with Crippen molar-refractivity contribution in [2.45, 2.75) is 0 Å². The Bertz CT molecular complexity index is 142. The summed E-state index contributed by atoms with van der Waals surface area (Å²) in [5, 5.41) is 0. The second-order valence-electron chi connectivity index (χ2n) is 1.04. The van der Waals surface area contributed by atoms with Crippen molar-refractivity contribution in [2.24, 2.45) is 0 Å². The molecule has 0 aliphatic heterocycles. The molecule has 0 saturated heterocycles. The van der Waals surface area contributed by atoms with Gasteiger partial charge in [0.2, 0.25) is 0 Å². The normalized spacial score (nSPS) is 9.43. The molecule has 0 radical (unpaired) electrons. The van der Waals surface area contributed by atoms with E-state index in [0.717, 1.165) is 12.1 Å². The Labute approximate surface area is 45.5 Å². The number of hydrogen-bond acceptors (Lipinski definition) is 0. The van der Waals surface area contributed by atoms with E-state index in [1.165, 1.54) is 0 Å². The number of hydrogen-bond donors (Lipinski definition) is 0. The quantitative estimate of drug-likeness (QED) is 0.506. The molecule has 1 heterocycles. The molecule has 1 aromatic heterocycles. The van der Waals surface area contributed by atoms with E-state index < -0.39 is 14.5 Å². The van der Waals surface area contributed by atoms with Crippen molar-refractivity contribution in [1.82, 2.24) is 0 Å². The molecule has 0 aliphatic carbocycles. The van der Waals surface area contributed by atoms with Crippen LogP contribution in [0.15, 0.2) is 12.1 Å². The first-order valence-corrected chi connectivity index (χ1v) is 3.41. The maximum atomic E-state index is 11.8. The van der Waals surface area contributed by atoms with E-state index in [0.29, 0.717) is 0 Å². The number of halogens is 2. The van der Waals surface area contributed by atoms with Gasteiger partial charge in [-0.2, -0.15) is 0 Å². The molecule has 0 atom stereocenters. The first-order valence-electron chi connectivity index (χ1n) is 1.70. The van der Waals surface area contributed by atoms with Crippen LogP contribution in [0.25, 0.3) is 0 Å². The Morgan fingerprint density at radius 1 is 1.14 bits per heavy atom. The molecule has 3 heteroatoms. The summed E-state index contributed by atoms with van der Waals surface area (Å²) < 4.78 is 22.9. The Morgan fingerprint density at radius 2 is 1.57 bits per heavy atom. The third kappa shape index (κ3) is 1.11. The predicted octanol–water partition coefficient (Wildman–Crippen LogP) is 1.02. The second kappa shape index (κ2) is 1.76. The molecule has 0 unspecified atom stereocenters. The summed E-state index contributed by atoms with van der Waals surface area (Å²) in [5.74, 6) is 0. The molecule has 0 N–H and O–H groups in total. The zero-order chi connectivity index (χ0) is 5.28. The standard InChI is InChI=1S/C4H2F2Se/c5-3-1-2-4(6)7-3/h1-2H. The fourth-order valence-corrected chi connectivity index (χ4v) is 1.25. The molecular weight excluding hydrogens is 165 g/mol. The van der Waals surface area contributed by atoms with Crippen LogP contribution in [0.4, 0.5) is 8.78 Å². The summed E-state index contributed by atoms with van der Waals surface area (Å²) in [6.07, 6.45) is 0. The third-order valence-corrected chi connectivity index (χ3v) is 1.93. The first-order chi connectivity index (χ1) is 3.29. The van der Waals surface area contributed by atoms with Gasteiger partial charge < -0.3 is 0 Å². The molecule has 0 aromatic carbocycles. The summed E-state index contributed by atoms with van der Waals surface area (Å²) in [4.78, 5) is 0. The molecular formula is C4H2F2Se. The van der Waals surface area contributed by atoms with Crippen LogP contribution in [-0.2, 0) is 0 Å². The van der Waals surface area contributed by atoms with Gasteiger partial charge >= 0.3 is 44.8 Å². The zero-order valence-corrected chi connectivity index (χ0v) is 5.03. The van der Waals surface area contributed by atoms with E-state index in [1.54, 1.807) is 0 Å². The van der Waals surface area contributed by atoms with Crippen molar-refractivity contribution >= 4 is 14.5 Å². The van der Waals surface area contributed by atoms with Crippen LogP contribution in [0.1, 0.15) is 0 Å². The maximum absolute atomic E-state index is 11.8. The summed E-state index contributed by atoms with van der Waals surface area (Å²) >= 11 is -0.625. The van der Waals surface area contributed by atoms with Gasteiger partial charge in [0.1, 0.15) is 0 Å². The SMILES string of the molecule is Fc1ccc(F)[se]1. The Morgan fingerprint density at radius 3 is 1.71 bits per heavy atom. The van der Waals surface area contributed by atoms with Crippen LogP contribution in [0, 0.1) is 9.38 Å². The molecule has 1 aromatic rings. The van der Waals surface area contributed by atoms with Crippen LogP contribution in [-0.4, -0.2) is 14.5 Å². The molecule has 0 amide bonds. The Balaban J connectivity index is 3.04. The molecule has 0 nitrogen and oxygen atoms in total. The minimum atomic E-state index is -0.625. The van der Waals surface area contributed by atoms with Crippen LogP contribution >= 0.6 is 0 Å². The first kappa shape index (κ1) is 5.01. The minimum absolute atomic E-state index is 0.329. The summed E-state index contributed by atoms with van der Waals surface area (Å²) in [6, 6.07) is 2.32. The van der Waals surface area contributed by atoms with Crippen molar-refractivity contribution < 1.29 is 8.78 Å². The van der Waals surface area contributed by atoms with Gasteiger partial charge in [-0.1, -0.05) is 0 Å². The monoisotopic (exact) mass is 168 g/mol. The van der Waals surface area contributed by atoms with Gasteiger partial charge in [-0.3, -0.25) is 0 Å². The van der Waals surface area contributed by atoms with E-state index in [1.807, 2.05) is 0 Å². The van der Waals surface area contributed by atoms with E-state index >= 15 is 0 Å². The molecule has 7 heavy (non-hydrogen) atoms. The van der Waals surface area contributed by atoms with Crippen molar-refractivity contribution in [2.75, 3.05) is 0 Å². The second-order valence-corrected chi connectivity index (χ2v) is 3.11. The molecule has 0 spiro atoms. The van der Waals surface area contributed by atoms with Gasteiger partial charge in [-0.15, -0.1) is 0 Å². The van der Waals surface area contributed by atoms with Crippen LogP contribution < -0.4 is 0 Å². The molecule has 0 aliphatic rings. The molecule has 0 fully saturated rings. The Kier molecular flexibility index (Phi) is 1.26. The van der Waals surface area contributed by atoms with E-state index in [9.17, 15) is 8.78 Å². The average Bonchev–Trinajstić information content (AvgIpc) is 1.87.